The number of benzene rings is 1. The van der Waals surface area contributed by atoms with Crippen LogP contribution in [-0.4, -0.2) is 49.3 Å². The maximum absolute atomic E-state index is 12.6. The van der Waals surface area contributed by atoms with Crippen LogP contribution in [0.5, 0.6) is 0 Å². The van der Waals surface area contributed by atoms with E-state index < -0.39 is 0 Å². The van der Waals surface area contributed by atoms with Gasteiger partial charge in [0, 0.05) is 33.3 Å². The minimum Gasteiger partial charge on any atom is -0.396 e. The lowest BCUT2D eigenvalue weighted by atomic mass is 9.77. The zero-order valence-electron chi connectivity index (χ0n) is 14.5. The molecule has 128 valence electrons. The highest BCUT2D eigenvalue weighted by molar-refractivity contribution is 5.93. The van der Waals surface area contributed by atoms with Gasteiger partial charge in [-0.05, 0) is 43.7 Å². The second kappa shape index (κ2) is 7.68. The molecule has 1 saturated heterocycles. The van der Waals surface area contributed by atoms with Gasteiger partial charge in [0.25, 0.3) is 0 Å². The monoisotopic (exact) mass is 319 g/mol. The molecule has 0 aromatic heterocycles. The molecule has 2 N–H and O–H groups in total. The Morgan fingerprint density at radius 1 is 1.30 bits per heavy atom. The number of piperidine rings is 1. The summed E-state index contributed by atoms with van der Waals surface area (Å²) in [4.78, 5) is 16.5. The van der Waals surface area contributed by atoms with Crippen LogP contribution in [0.2, 0.25) is 0 Å². The molecule has 23 heavy (non-hydrogen) atoms. The lowest BCUT2D eigenvalue weighted by Gasteiger charge is -2.40. The molecule has 0 saturated carbocycles. The number of amides is 2. The van der Waals surface area contributed by atoms with Crippen LogP contribution in [0.15, 0.2) is 24.3 Å². The van der Waals surface area contributed by atoms with E-state index in [1.54, 1.807) is 0 Å². The Bertz CT molecular complexity index is 519. The van der Waals surface area contributed by atoms with Crippen molar-refractivity contribution < 1.29 is 9.90 Å². The van der Waals surface area contributed by atoms with Crippen LogP contribution < -0.4 is 10.2 Å². The fraction of sp³-hybridized carbons (Fsp3) is 0.611. The maximum atomic E-state index is 12.6. The number of aliphatic hydroxyl groups excluding tert-OH is 1. The third-order valence-electron chi connectivity index (χ3n) is 5.23. The number of carbonyl (C=O) groups excluding carboxylic acids is 1. The summed E-state index contributed by atoms with van der Waals surface area (Å²) in [7, 11) is 2.02. The number of carbonyl (C=O) groups is 1. The lowest BCUT2D eigenvalue weighted by molar-refractivity contribution is 0.0542. The Kier molecular flexibility index (Phi) is 5.88. The predicted molar refractivity (Wildman–Crippen MR) is 95.0 cm³/mol. The SMILES string of the molecule is CCN(C)c1ccccc1NC(=O)N1CCC(CC)(CO)CC1. The van der Waals surface area contributed by atoms with E-state index >= 15 is 0 Å². The minimum absolute atomic E-state index is 0.00286. The molecule has 0 aliphatic carbocycles. The number of nitrogens with one attached hydrogen (secondary N) is 1. The van der Waals surface area contributed by atoms with Crippen molar-refractivity contribution in [2.75, 3.05) is 43.5 Å². The van der Waals surface area contributed by atoms with Crippen LogP contribution in [-0.2, 0) is 0 Å². The van der Waals surface area contributed by atoms with Crippen LogP contribution in [0, 0.1) is 5.41 Å². The minimum atomic E-state index is -0.0513. The Hall–Kier alpha value is -1.75. The first-order chi connectivity index (χ1) is 11.0. The highest BCUT2D eigenvalue weighted by Crippen LogP contribution is 2.34. The van der Waals surface area contributed by atoms with Gasteiger partial charge in [-0.3, -0.25) is 0 Å². The number of hydrogen-bond donors (Lipinski definition) is 2. The molecule has 5 heteroatoms. The number of rotatable bonds is 5. The summed E-state index contributed by atoms with van der Waals surface area (Å²) >= 11 is 0. The average Bonchev–Trinajstić information content (AvgIpc) is 2.61. The highest BCUT2D eigenvalue weighted by atomic mass is 16.3. The zero-order valence-corrected chi connectivity index (χ0v) is 14.5. The standard InChI is InChI=1S/C18H29N3O2/c1-4-18(14-22)10-12-21(13-11-18)17(23)19-15-8-6-7-9-16(15)20(3)5-2/h6-9,22H,4-5,10-14H2,1-3H3,(H,19,23). The lowest BCUT2D eigenvalue weighted by Crippen LogP contribution is -2.46. The Morgan fingerprint density at radius 2 is 1.96 bits per heavy atom. The van der Waals surface area contributed by atoms with Gasteiger partial charge in [-0.1, -0.05) is 19.1 Å². The van der Waals surface area contributed by atoms with Gasteiger partial charge in [-0.25, -0.2) is 4.79 Å². The van der Waals surface area contributed by atoms with Crippen molar-refractivity contribution in [3.05, 3.63) is 24.3 Å². The van der Waals surface area contributed by atoms with Gasteiger partial charge in [0.2, 0.25) is 0 Å². The van der Waals surface area contributed by atoms with Gasteiger partial charge in [-0.15, -0.1) is 0 Å². The summed E-state index contributed by atoms with van der Waals surface area (Å²) in [5.41, 5.74) is 1.87. The number of nitrogens with zero attached hydrogens (tertiary/aromatic N) is 2. The molecule has 0 radical (unpaired) electrons. The first-order valence-corrected chi connectivity index (χ1v) is 8.52. The third-order valence-corrected chi connectivity index (χ3v) is 5.23. The largest absolute Gasteiger partial charge is 0.396 e. The van der Waals surface area contributed by atoms with Gasteiger partial charge < -0.3 is 20.2 Å². The van der Waals surface area contributed by atoms with Crippen molar-refractivity contribution in [1.29, 1.82) is 0 Å². The van der Waals surface area contributed by atoms with Crippen molar-refractivity contribution in [3.8, 4) is 0 Å². The van der Waals surface area contributed by atoms with Crippen LogP contribution >= 0.6 is 0 Å². The van der Waals surface area contributed by atoms with Crippen molar-refractivity contribution in [1.82, 2.24) is 4.90 Å². The van der Waals surface area contributed by atoms with Crippen molar-refractivity contribution in [2.45, 2.75) is 33.1 Å². The van der Waals surface area contributed by atoms with Crippen LogP contribution in [0.4, 0.5) is 16.2 Å². The summed E-state index contributed by atoms with van der Waals surface area (Å²) in [6.07, 6.45) is 2.69. The van der Waals surface area contributed by atoms with Crippen molar-refractivity contribution in [3.63, 3.8) is 0 Å². The molecule has 2 amide bonds. The summed E-state index contributed by atoms with van der Waals surface area (Å²) < 4.78 is 0. The van der Waals surface area contributed by atoms with Gasteiger partial charge in [0.15, 0.2) is 0 Å². The van der Waals surface area contributed by atoms with E-state index in [1.807, 2.05) is 36.2 Å². The van der Waals surface area contributed by atoms with Gasteiger partial charge in [0.05, 0.1) is 11.4 Å². The topological polar surface area (TPSA) is 55.8 Å². The van der Waals surface area contributed by atoms with Crippen LogP contribution in [0.1, 0.15) is 33.1 Å². The highest BCUT2D eigenvalue weighted by Gasteiger charge is 2.34. The van der Waals surface area contributed by atoms with E-state index in [0.717, 1.165) is 37.2 Å². The smallest absolute Gasteiger partial charge is 0.321 e. The molecule has 1 aliphatic rings. The second-order valence-corrected chi connectivity index (χ2v) is 6.46. The molecule has 1 aliphatic heterocycles. The summed E-state index contributed by atoms with van der Waals surface area (Å²) in [6, 6.07) is 7.82. The molecule has 1 aromatic carbocycles. The Morgan fingerprint density at radius 3 is 2.52 bits per heavy atom. The average molecular weight is 319 g/mol. The molecular weight excluding hydrogens is 290 g/mol. The van der Waals surface area contributed by atoms with E-state index in [0.29, 0.717) is 13.1 Å². The number of urea groups is 1. The van der Waals surface area contributed by atoms with Gasteiger partial charge in [0.1, 0.15) is 0 Å². The zero-order chi connectivity index (χ0) is 16.9. The van der Waals surface area contributed by atoms with E-state index in [9.17, 15) is 9.90 Å². The number of aliphatic hydroxyl groups is 1. The first kappa shape index (κ1) is 17.6. The summed E-state index contributed by atoms with van der Waals surface area (Å²) in [5.74, 6) is 0. The fourth-order valence-corrected chi connectivity index (χ4v) is 3.08. The van der Waals surface area contributed by atoms with Crippen LogP contribution in [0.3, 0.4) is 0 Å². The molecule has 0 bridgehead atoms. The number of anilines is 2. The van der Waals surface area contributed by atoms with E-state index in [4.69, 9.17) is 0 Å². The molecule has 1 fully saturated rings. The number of likely N-dealkylation sites (tertiary alicyclic amines) is 1. The summed E-state index contributed by atoms with van der Waals surface area (Å²) in [6.45, 7) is 6.69. The molecule has 0 atom stereocenters. The fourth-order valence-electron chi connectivity index (χ4n) is 3.08. The molecule has 1 heterocycles. The van der Waals surface area contributed by atoms with E-state index in [2.05, 4.69) is 24.1 Å². The predicted octanol–water partition coefficient (Wildman–Crippen LogP) is 3.16. The molecule has 1 aromatic rings. The van der Waals surface area contributed by atoms with Crippen molar-refractivity contribution >= 4 is 17.4 Å². The van der Waals surface area contributed by atoms with Gasteiger partial charge in [-0.2, -0.15) is 0 Å². The van der Waals surface area contributed by atoms with E-state index in [-0.39, 0.29) is 18.1 Å². The molecule has 0 spiro atoms. The maximum Gasteiger partial charge on any atom is 0.321 e. The quantitative estimate of drug-likeness (QED) is 0.876. The summed E-state index contributed by atoms with van der Waals surface area (Å²) in [5, 5.41) is 12.6. The number of hydrogen-bond acceptors (Lipinski definition) is 3. The molecule has 2 rings (SSSR count). The second-order valence-electron chi connectivity index (χ2n) is 6.46. The Balaban J connectivity index is 2.01. The third kappa shape index (κ3) is 3.96. The van der Waals surface area contributed by atoms with Crippen LogP contribution in [0.25, 0.3) is 0 Å². The van der Waals surface area contributed by atoms with Gasteiger partial charge >= 0.3 is 6.03 Å². The number of para-hydroxylation sites is 2. The molecular formula is C18H29N3O2. The normalized spacial score (nSPS) is 17.0. The Labute approximate surface area is 139 Å². The molecule has 0 unspecified atom stereocenters. The first-order valence-electron chi connectivity index (χ1n) is 8.52. The van der Waals surface area contributed by atoms with Crippen molar-refractivity contribution in [2.24, 2.45) is 5.41 Å². The van der Waals surface area contributed by atoms with E-state index in [1.165, 1.54) is 0 Å². The molecule has 5 nitrogen and oxygen atoms in total.